The van der Waals surface area contributed by atoms with Crippen LogP contribution in [0, 0.1) is 12.8 Å². The molecule has 1 aromatic carbocycles. The van der Waals surface area contributed by atoms with Gasteiger partial charge in [-0.05, 0) is 55.5 Å². The van der Waals surface area contributed by atoms with Crippen LogP contribution in [0.5, 0.6) is 5.75 Å². The van der Waals surface area contributed by atoms with Crippen molar-refractivity contribution < 1.29 is 13.9 Å². The van der Waals surface area contributed by atoms with E-state index in [2.05, 4.69) is 5.32 Å². The molecule has 34 heavy (non-hydrogen) atoms. The summed E-state index contributed by atoms with van der Waals surface area (Å²) in [6.07, 6.45) is 1.61. The number of hydrogen-bond donors (Lipinski definition) is 1. The van der Waals surface area contributed by atoms with E-state index in [4.69, 9.17) is 14.1 Å². The monoisotopic (exact) mass is 478 g/mol. The number of thiophene rings is 1. The lowest BCUT2D eigenvalue weighted by molar-refractivity contribution is -0.125. The Hall–Kier alpha value is -3.59. The number of furan rings is 1. The van der Waals surface area contributed by atoms with Crippen LogP contribution in [0.25, 0.3) is 15.9 Å². The van der Waals surface area contributed by atoms with Crippen LogP contribution < -0.4 is 20.5 Å². The molecule has 3 aromatic heterocycles. The number of benzene rings is 1. The number of piperidine rings is 1. The summed E-state index contributed by atoms with van der Waals surface area (Å²) in [5.41, 5.74) is 1.23. The van der Waals surface area contributed by atoms with E-state index >= 15 is 0 Å². The molecule has 0 unspecified atom stereocenters. The zero-order valence-corrected chi connectivity index (χ0v) is 19.9. The third-order valence-electron chi connectivity index (χ3n) is 6.08. The number of nitrogens with zero attached hydrogens (tertiary/aromatic N) is 3. The van der Waals surface area contributed by atoms with Crippen molar-refractivity contribution in [3.05, 3.63) is 69.7 Å². The van der Waals surface area contributed by atoms with Crippen LogP contribution in [-0.4, -0.2) is 35.7 Å². The molecule has 0 radical (unpaired) electrons. The van der Waals surface area contributed by atoms with Crippen molar-refractivity contribution in [3.63, 3.8) is 0 Å². The number of methoxy groups -OCH3 is 1. The summed E-state index contributed by atoms with van der Waals surface area (Å²) in [4.78, 5) is 33.4. The largest absolute Gasteiger partial charge is 0.497 e. The molecule has 8 nitrogen and oxygen atoms in total. The second-order valence-electron chi connectivity index (χ2n) is 8.40. The molecule has 1 saturated heterocycles. The first-order valence-corrected chi connectivity index (χ1v) is 12.1. The summed E-state index contributed by atoms with van der Waals surface area (Å²) in [5.74, 6) is 2.52. The van der Waals surface area contributed by atoms with Gasteiger partial charge in [-0.1, -0.05) is 6.07 Å². The first kappa shape index (κ1) is 22.2. The van der Waals surface area contributed by atoms with Gasteiger partial charge in [-0.25, -0.2) is 9.55 Å². The van der Waals surface area contributed by atoms with Crippen molar-refractivity contribution in [1.82, 2.24) is 14.9 Å². The van der Waals surface area contributed by atoms with Crippen LogP contribution >= 0.6 is 11.3 Å². The van der Waals surface area contributed by atoms with Gasteiger partial charge in [-0.3, -0.25) is 9.59 Å². The average Bonchev–Trinajstić information content (AvgIpc) is 3.51. The number of ether oxygens (including phenoxy) is 1. The highest BCUT2D eigenvalue weighted by Gasteiger charge is 2.29. The smallest absolute Gasteiger partial charge is 0.277 e. The molecule has 1 atom stereocenters. The number of aryl methyl sites for hydroxylation is 1. The summed E-state index contributed by atoms with van der Waals surface area (Å²) in [6, 6.07) is 13.0. The Morgan fingerprint density at radius 2 is 2.18 bits per heavy atom. The van der Waals surface area contributed by atoms with Crippen LogP contribution in [0.4, 0.5) is 5.95 Å². The fraction of sp³-hybridized carbons (Fsp3) is 0.320. The van der Waals surface area contributed by atoms with E-state index in [0.29, 0.717) is 47.2 Å². The molecule has 0 bridgehead atoms. The Morgan fingerprint density at radius 3 is 2.97 bits per heavy atom. The van der Waals surface area contributed by atoms with Crippen molar-refractivity contribution in [2.75, 3.05) is 25.1 Å². The SMILES string of the molecule is COc1cccc(-n2c(N3CCC[C@H](C(=O)NCc4ccc(C)o4)C3)nc3ccsc3c2=O)c1. The van der Waals surface area contributed by atoms with E-state index in [1.54, 1.807) is 11.7 Å². The van der Waals surface area contributed by atoms with E-state index in [0.717, 1.165) is 24.4 Å². The van der Waals surface area contributed by atoms with E-state index < -0.39 is 0 Å². The second kappa shape index (κ2) is 9.34. The van der Waals surface area contributed by atoms with Gasteiger partial charge in [-0.2, -0.15) is 0 Å². The molecule has 4 aromatic rings. The molecule has 1 fully saturated rings. The van der Waals surface area contributed by atoms with Gasteiger partial charge in [0.1, 0.15) is 22.0 Å². The minimum Gasteiger partial charge on any atom is -0.497 e. The third kappa shape index (κ3) is 4.31. The summed E-state index contributed by atoms with van der Waals surface area (Å²) in [5, 5.41) is 4.87. The Balaban J connectivity index is 1.45. The zero-order valence-electron chi connectivity index (χ0n) is 19.1. The summed E-state index contributed by atoms with van der Waals surface area (Å²) in [6.45, 7) is 3.43. The van der Waals surface area contributed by atoms with Gasteiger partial charge in [0.05, 0.1) is 30.8 Å². The summed E-state index contributed by atoms with van der Waals surface area (Å²) >= 11 is 1.38. The number of hydrogen-bond acceptors (Lipinski definition) is 7. The van der Waals surface area contributed by atoms with Crippen LogP contribution in [0.3, 0.4) is 0 Å². The minimum absolute atomic E-state index is 0.0226. The number of anilines is 1. The first-order chi connectivity index (χ1) is 16.5. The predicted octanol–water partition coefficient (Wildman–Crippen LogP) is 3.89. The van der Waals surface area contributed by atoms with Gasteiger partial charge in [0, 0.05) is 19.2 Å². The van der Waals surface area contributed by atoms with Crippen LogP contribution in [0.1, 0.15) is 24.4 Å². The number of nitrogens with one attached hydrogen (secondary N) is 1. The predicted molar refractivity (Wildman–Crippen MR) is 132 cm³/mol. The van der Waals surface area contributed by atoms with Crippen LogP contribution in [0.15, 0.2) is 57.1 Å². The minimum atomic E-state index is -0.210. The van der Waals surface area contributed by atoms with E-state index in [-0.39, 0.29) is 17.4 Å². The Labute approximate surface area is 200 Å². The van der Waals surface area contributed by atoms with E-state index in [1.807, 2.05) is 59.7 Å². The van der Waals surface area contributed by atoms with Crippen molar-refractivity contribution in [2.45, 2.75) is 26.3 Å². The average molecular weight is 479 g/mol. The molecule has 176 valence electrons. The number of carbonyl (C=O) groups excluding carboxylic acids is 1. The highest BCUT2D eigenvalue weighted by atomic mass is 32.1. The van der Waals surface area contributed by atoms with Crippen LogP contribution in [-0.2, 0) is 11.3 Å². The van der Waals surface area contributed by atoms with Crippen LogP contribution in [0.2, 0.25) is 0 Å². The number of carbonyl (C=O) groups is 1. The molecule has 0 spiro atoms. The first-order valence-electron chi connectivity index (χ1n) is 11.3. The number of aromatic nitrogens is 2. The lowest BCUT2D eigenvalue weighted by Crippen LogP contribution is -2.45. The third-order valence-corrected chi connectivity index (χ3v) is 6.97. The normalized spacial score (nSPS) is 16.1. The highest BCUT2D eigenvalue weighted by Crippen LogP contribution is 2.27. The molecule has 1 aliphatic rings. The molecule has 1 amide bonds. The summed E-state index contributed by atoms with van der Waals surface area (Å²) < 4.78 is 13.2. The molecular weight excluding hydrogens is 452 g/mol. The molecule has 9 heteroatoms. The Bertz CT molecular complexity index is 1390. The maximum Gasteiger partial charge on any atom is 0.277 e. The number of rotatable bonds is 6. The van der Waals surface area contributed by atoms with Crippen molar-refractivity contribution in [2.24, 2.45) is 5.92 Å². The topological polar surface area (TPSA) is 89.6 Å². The highest BCUT2D eigenvalue weighted by molar-refractivity contribution is 7.17. The van der Waals surface area contributed by atoms with Gasteiger partial charge in [0.25, 0.3) is 5.56 Å². The molecule has 0 aliphatic carbocycles. The van der Waals surface area contributed by atoms with Gasteiger partial charge in [0.15, 0.2) is 0 Å². The molecule has 0 saturated carbocycles. The lowest BCUT2D eigenvalue weighted by atomic mass is 9.97. The van der Waals surface area contributed by atoms with Crippen molar-refractivity contribution >= 4 is 33.4 Å². The van der Waals surface area contributed by atoms with E-state index in [9.17, 15) is 9.59 Å². The van der Waals surface area contributed by atoms with Gasteiger partial charge < -0.3 is 19.4 Å². The number of amides is 1. The second-order valence-corrected chi connectivity index (χ2v) is 9.32. The van der Waals surface area contributed by atoms with Gasteiger partial charge in [-0.15, -0.1) is 11.3 Å². The Morgan fingerprint density at radius 1 is 1.29 bits per heavy atom. The molecule has 5 rings (SSSR count). The fourth-order valence-electron chi connectivity index (χ4n) is 4.37. The van der Waals surface area contributed by atoms with Crippen molar-refractivity contribution in [3.8, 4) is 11.4 Å². The standard InChI is InChI=1S/C25H26N4O4S/c1-16-8-9-20(33-16)14-26-23(30)17-5-4-11-28(15-17)25-27-21-10-12-34-22(21)24(31)29(25)18-6-3-7-19(13-18)32-2/h3,6-10,12-13,17H,4-5,11,14-15H2,1-2H3,(H,26,30)/t17-/m0/s1. The van der Waals surface area contributed by atoms with Gasteiger partial charge in [0.2, 0.25) is 11.9 Å². The lowest BCUT2D eigenvalue weighted by Gasteiger charge is -2.34. The van der Waals surface area contributed by atoms with Crippen molar-refractivity contribution in [1.29, 1.82) is 0 Å². The van der Waals surface area contributed by atoms with E-state index in [1.165, 1.54) is 11.3 Å². The van der Waals surface area contributed by atoms with Gasteiger partial charge >= 0.3 is 0 Å². The fourth-order valence-corrected chi connectivity index (χ4v) is 5.13. The quantitative estimate of drug-likeness (QED) is 0.452. The zero-order chi connectivity index (χ0) is 23.7. The number of fused-ring (bicyclic) bond motifs is 1. The maximum atomic E-state index is 13.5. The molecule has 1 N–H and O–H groups in total. The Kier molecular flexibility index (Phi) is 6.10. The molecule has 1 aliphatic heterocycles. The summed E-state index contributed by atoms with van der Waals surface area (Å²) in [7, 11) is 1.60. The maximum absolute atomic E-state index is 13.5. The molecular formula is C25H26N4O4S. The molecule has 4 heterocycles.